The number of carbonyl (C=O) groups is 3. The van der Waals surface area contributed by atoms with Crippen LogP contribution in [0.1, 0.15) is 40.7 Å². The summed E-state index contributed by atoms with van der Waals surface area (Å²) < 4.78 is 0. The minimum absolute atomic E-state index is 0.209. The van der Waals surface area contributed by atoms with Crippen molar-refractivity contribution < 1.29 is 14.4 Å². The first-order valence-corrected chi connectivity index (χ1v) is 10.8. The number of hydrogen-bond acceptors (Lipinski definition) is 3. The molecule has 1 heterocycles. The minimum Gasteiger partial charge on any atom is -0.302 e. The smallest absolute Gasteiger partial charge is 0.239 e. The highest BCUT2D eigenvalue weighted by Crippen LogP contribution is 2.63. The molecule has 3 aromatic carbocycles. The fourth-order valence-electron chi connectivity index (χ4n) is 6.17. The van der Waals surface area contributed by atoms with Crippen molar-refractivity contribution in [2.24, 2.45) is 11.8 Å². The normalized spacial score (nSPS) is 27.6. The number of nitrogens with zero attached hydrogens (tertiary/aromatic N) is 1. The van der Waals surface area contributed by atoms with Crippen LogP contribution in [0.15, 0.2) is 72.8 Å². The molecule has 4 nitrogen and oxygen atoms in total. The Labute approximate surface area is 180 Å². The zero-order chi connectivity index (χ0) is 21.3. The third kappa shape index (κ3) is 2.07. The molecule has 0 radical (unpaired) electrons. The van der Waals surface area contributed by atoms with E-state index >= 15 is 0 Å². The summed E-state index contributed by atoms with van der Waals surface area (Å²) in [4.78, 5) is 41.8. The van der Waals surface area contributed by atoms with Gasteiger partial charge in [-0.1, -0.05) is 67.6 Å². The van der Waals surface area contributed by atoms with Gasteiger partial charge >= 0.3 is 0 Å². The molecule has 1 saturated heterocycles. The maximum atomic E-state index is 13.8. The van der Waals surface area contributed by atoms with Crippen LogP contribution in [-0.2, 0) is 26.2 Å². The molecule has 0 aromatic heterocycles. The number of imide groups is 1. The second-order valence-electron chi connectivity index (χ2n) is 8.67. The average Bonchev–Trinajstić information content (AvgIpc) is 3.10. The number of carbonyl (C=O) groups excluding carboxylic acids is 3. The van der Waals surface area contributed by atoms with Gasteiger partial charge < -0.3 is 4.79 Å². The Morgan fingerprint density at radius 2 is 1.42 bits per heavy atom. The van der Waals surface area contributed by atoms with Gasteiger partial charge in [-0.2, -0.15) is 0 Å². The van der Waals surface area contributed by atoms with Crippen LogP contribution in [0.3, 0.4) is 0 Å². The van der Waals surface area contributed by atoms with Crippen LogP contribution < -0.4 is 4.90 Å². The van der Waals surface area contributed by atoms with E-state index < -0.39 is 17.3 Å². The Kier molecular flexibility index (Phi) is 3.67. The molecule has 2 bridgehead atoms. The quantitative estimate of drug-likeness (QED) is 0.487. The Bertz CT molecular complexity index is 1210. The standard InChI is InChI=1S/C27H21NO3/c1-2-16-11-13-17(14-12-16)28-25(30)23-22-18-7-3-5-9-20(18)27(15-29,24(23)26(28)31)21-10-6-4-8-19(21)22/h3-15,22-24H,2H2,1H3/t22?,23-,24-,27?/m1/s1. The summed E-state index contributed by atoms with van der Waals surface area (Å²) in [5, 5.41) is 0. The van der Waals surface area contributed by atoms with E-state index in [1.165, 1.54) is 4.90 Å². The summed E-state index contributed by atoms with van der Waals surface area (Å²) in [6.45, 7) is 2.07. The van der Waals surface area contributed by atoms with Crippen LogP contribution in [-0.4, -0.2) is 18.1 Å². The second kappa shape index (κ2) is 6.24. The van der Waals surface area contributed by atoms with Gasteiger partial charge in [0, 0.05) is 5.92 Å². The first kappa shape index (κ1) is 18.3. The number of aldehydes is 1. The van der Waals surface area contributed by atoms with E-state index in [0.29, 0.717) is 5.69 Å². The van der Waals surface area contributed by atoms with Gasteiger partial charge in [0.25, 0.3) is 0 Å². The van der Waals surface area contributed by atoms with E-state index in [0.717, 1.165) is 40.5 Å². The lowest BCUT2D eigenvalue weighted by Crippen LogP contribution is -2.54. The molecule has 2 amide bonds. The number of benzene rings is 3. The van der Waals surface area contributed by atoms with Crippen LogP contribution in [0.5, 0.6) is 0 Å². The van der Waals surface area contributed by atoms with Gasteiger partial charge in [-0.3, -0.25) is 9.59 Å². The summed E-state index contributed by atoms with van der Waals surface area (Å²) >= 11 is 0. The fraction of sp³-hybridized carbons (Fsp3) is 0.222. The highest BCUT2D eigenvalue weighted by molar-refractivity contribution is 6.24. The topological polar surface area (TPSA) is 54.5 Å². The molecule has 4 heteroatoms. The van der Waals surface area contributed by atoms with E-state index in [4.69, 9.17) is 0 Å². The van der Waals surface area contributed by atoms with Gasteiger partial charge in [0.15, 0.2) is 0 Å². The third-order valence-corrected chi connectivity index (χ3v) is 7.47. The predicted molar refractivity (Wildman–Crippen MR) is 117 cm³/mol. The van der Waals surface area contributed by atoms with Gasteiger partial charge in [0.1, 0.15) is 6.29 Å². The van der Waals surface area contributed by atoms with Crippen LogP contribution in [0, 0.1) is 11.8 Å². The lowest BCUT2D eigenvalue weighted by atomic mass is 9.48. The minimum atomic E-state index is -1.14. The Morgan fingerprint density at radius 1 is 0.839 bits per heavy atom. The molecular formula is C27H21NO3. The lowest BCUT2D eigenvalue weighted by Gasteiger charge is -2.51. The van der Waals surface area contributed by atoms with E-state index in [2.05, 4.69) is 6.92 Å². The number of hydrogen-bond donors (Lipinski definition) is 0. The van der Waals surface area contributed by atoms with Crippen molar-refractivity contribution in [1.82, 2.24) is 0 Å². The molecule has 3 aliphatic carbocycles. The largest absolute Gasteiger partial charge is 0.302 e. The number of anilines is 1. The molecule has 1 aliphatic heterocycles. The average molecular weight is 407 g/mol. The number of rotatable bonds is 3. The molecule has 4 aliphatic rings. The molecule has 0 unspecified atom stereocenters. The monoisotopic (exact) mass is 407 g/mol. The van der Waals surface area contributed by atoms with Crippen molar-refractivity contribution in [3.05, 3.63) is 101 Å². The van der Waals surface area contributed by atoms with Gasteiger partial charge in [-0.25, -0.2) is 4.90 Å². The predicted octanol–water partition coefficient (Wildman–Crippen LogP) is 4.00. The summed E-state index contributed by atoms with van der Waals surface area (Å²) in [5.74, 6) is -2.01. The number of aryl methyl sites for hydroxylation is 1. The zero-order valence-corrected chi connectivity index (χ0v) is 17.1. The Balaban J connectivity index is 1.60. The van der Waals surface area contributed by atoms with Crippen molar-refractivity contribution in [3.8, 4) is 0 Å². The molecule has 31 heavy (non-hydrogen) atoms. The third-order valence-electron chi connectivity index (χ3n) is 7.47. The van der Waals surface area contributed by atoms with Crippen LogP contribution in [0.25, 0.3) is 0 Å². The first-order valence-electron chi connectivity index (χ1n) is 10.8. The molecule has 3 aromatic rings. The van der Waals surface area contributed by atoms with Gasteiger partial charge in [0.05, 0.1) is 22.9 Å². The molecule has 152 valence electrons. The summed E-state index contributed by atoms with van der Waals surface area (Å²) in [5.41, 5.74) is 4.27. The maximum absolute atomic E-state index is 13.8. The SMILES string of the molecule is CCc1ccc(N2C(=O)[C@@H]3C4c5ccccc5C(C=O)(c5ccccc54)[C@H]3C2=O)cc1. The van der Waals surface area contributed by atoms with Crippen LogP contribution >= 0.6 is 0 Å². The van der Waals surface area contributed by atoms with Gasteiger partial charge in [-0.05, 0) is 46.4 Å². The number of amides is 2. The highest BCUT2D eigenvalue weighted by Gasteiger charge is 2.68. The molecule has 2 atom stereocenters. The van der Waals surface area contributed by atoms with E-state index in [-0.39, 0.29) is 17.7 Å². The molecule has 0 saturated carbocycles. The molecule has 7 rings (SSSR count). The van der Waals surface area contributed by atoms with Gasteiger partial charge in [-0.15, -0.1) is 0 Å². The fourth-order valence-corrected chi connectivity index (χ4v) is 6.17. The Morgan fingerprint density at radius 3 is 1.97 bits per heavy atom. The summed E-state index contributed by atoms with van der Waals surface area (Å²) in [6.07, 6.45) is 1.79. The summed E-state index contributed by atoms with van der Waals surface area (Å²) in [6, 6.07) is 23.2. The first-order chi connectivity index (χ1) is 15.1. The van der Waals surface area contributed by atoms with Crippen LogP contribution in [0.2, 0.25) is 0 Å². The van der Waals surface area contributed by atoms with Crippen molar-refractivity contribution in [3.63, 3.8) is 0 Å². The maximum Gasteiger partial charge on any atom is 0.239 e. The molecule has 0 N–H and O–H groups in total. The zero-order valence-electron chi connectivity index (χ0n) is 17.1. The van der Waals surface area contributed by atoms with Crippen molar-refractivity contribution >= 4 is 23.8 Å². The van der Waals surface area contributed by atoms with Crippen molar-refractivity contribution in [1.29, 1.82) is 0 Å². The molecule has 0 spiro atoms. The molecule has 1 fully saturated rings. The van der Waals surface area contributed by atoms with Gasteiger partial charge in [0.2, 0.25) is 11.8 Å². The van der Waals surface area contributed by atoms with Crippen molar-refractivity contribution in [2.45, 2.75) is 24.7 Å². The summed E-state index contributed by atoms with van der Waals surface area (Å²) in [7, 11) is 0. The second-order valence-corrected chi connectivity index (χ2v) is 8.67. The van der Waals surface area contributed by atoms with E-state index in [1.54, 1.807) is 0 Å². The van der Waals surface area contributed by atoms with E-state index in [9.17, 15) is 14.4 Å². The van der Waals surface area contributed by atoms with Crippen LogP contribution in [0.4, 0.5) is 5.69 Å². The Hall–Kier alpha value is -3.53. The highest BCUT2D eigenvalue weighted by atomic mass is 16.2. The molecular weight excluding hydrogens is 386 g/mol. The van der Waals surface area contributed by atoms with E-state index in [1.807, 2.05) is 72.8 Å². The van der Waals surface area contributed by atoms with Crippen molar-refractivity contribution in [2.75, 3.05) is 4.90 Å². The lowest BCUT2D eigenvalue weighted by molar-refractivity contribution is -0.128.